The smallest absolute Gasteiger partial charge is 0.350 e. The van der Waals surface area contributed by atoms with Crippen LogP contribution in [-0.4, -0.2) is 15.7 Å². The summed E-state index contributed by atoms with van der Waals surface area (Å²) in [6.07, 6.45) is -4.63. The van der Waals surface area contributed by atoms with Gasteiger partial charge in [0.25, 0.3) is 0 Å². The Labute approximate surface area is 179 Å². The Morgan fingerprint density at radius 3 is 2.45 bits per heavy atom. The molecule has 0 atom stereocenters. The van der Waals surface area contributed by atoms with Crippen molar-refractivity contribution in [1.29, 1.82) is 0 Å². The first kappa shape index (κ1) is 21.5. The molecule has 10 heteroatoms. The molecule has 2 aromatic carbocycles. The number of hydrogen-bond acceptors (Lipinski definition) is 2. The first-order valence-corrected chi connectivity index (χ1v) is 9.39. The van der Waals surface area contributed by atoms with Gasteiger partial charge in [-0.3, -0.25) is 4.79 Å². The average Bonchev–Trinajstić information content (AvgIpc) is 3.08. The fourth-order valence-electron chi connectivity index (χ4n) is 2.60. The maximum atomic E-state index is 13.1. The molecule has 0 bridgehead atoms. The van der Waals surface area contributed by atoms with Crippen LogP contribution >= 0.6 is 34.8 Å². The maximum absolute atomic E-state index is 13.1. The van der Waals surface area contributed by atoms with Crippen LogP contribution in [0.1, 0.15) is 17.0 Å². The SMILES string of the molecule is O=C(Cc1ccc(Cl)c(Cl)c1)NCc1cc(C(F)(F)F)nn1-c1cccc(Cl)c1. The van der Waals surface area contributed by atoms with E-state index in [1.54, 1.807) is 36.4 Å². The first-order valence-electron chi connectivity index (χ1n) is 8.26. The summed E-state index contributed by atoms with van der Waals surface area (Å²) in [5, 5.41) is 7.24. The van der Waals surface area contributed by atoms with E-state index in [4.69, 9.17) is 34.8 Å². The Morgan fingerprint density at radius 2 is 1.79 bits per heavy atom. The third-order valence-electron chi connectivity index (χ3n) is 3.94. The summed E-state index contributed by atoms with van der Waals surface area (Å²) in [4.78, 5) is 12.2. The number of nitrogens with zero attached hydrogens (tertiary/aromatic N) is 2. The number of amides is 1. The third-order valence-corrected chi connectivity index (χ3v) is 4.92. The van der Waals surface area contributed by atoms with Gasteiger partial charge in [-0.15, -0.1) is 0 Å². The minimum absolute atomic E-state index is 0.00564. The van der Waals surface area contributed by atoms with Gasteiger partial charge < -0.3 is 5.32 Å². The highest BCUT2D eigenvalue weighted by atomic mass is 35.5. The lowest BCUT2D eigenvalue weighted by Gasteiger charge is -2.09. The molecule has 1 N–H and O–H groups in total. The van der Waals surface area contributed by atoms with Crippen LogP contribution in [0, 0.1) is 0 Å². The second-order valence-electron chi connectivity index (χ2n) is 6.11. The summed E-state index contributed by atoms with van der Waals surface area (Å²) in [6, 6.07) is 11.9. The summed E-state index contributed by atoms with van der Waals surface area (Å²) in [5.41, 5.74) is 0.0613. The molecule has 0 aliphatic rings. The van der Waals surface area contributed by atoms with Crippen molar-refractivity contribution in [3.8, 4) is 5.69 Å². The van der Waals surface area contributed by atoms with Crippen molar-refractivity contribution >= 4 is 40.7 Å². The normalized spacial score (nSPS) is 11.5. The van der Waals surface area contributed by atoms with Gasteiger partial charge in [-0.2, -0.15) is 18.3 Å². The van der Waals surface area contributed by atoms with Crippen molar-refractivity contribution < 1.29 is 18.0 Å². The summed E-state index contributed by atoms with van der Waals surface area (Å²) >= 11 is 17.7. The number of benzene rings is 2. The number of nitrogens with one attached hydrogen (secondary N) is 1. The summed E-state index contributed by atoms with van der Waals surface area (Å²) in [6.45, 7) is -0.157. The van der Waals surface area contributed by atoms with E-state index in [-0.39, 0.29) is 18.7 Å². The molecule has 1 heterocycles. The van der Waals surface area contributed by atoms with Crippen molar-refractivity contribution in [1.82, 2.24) is 15.1 Å². The number of alkyl halides is 3. The first-order chi connectivity index (χ1) is 13.6. The van der Waals surface area contributed by atoms with Crippen molar-refractivity contribution in [2.75, 3.05) is 0 Å². The van der Waals surface area contributed by atoms with Crippen LogP contribution in [0.15, 0.2) is 48.5 Å². The zero-order valence-electron chi connectivity index (χ0n) is 14.6. The molecule has 0 saturated carbocycles. The van der Waals surface area contributed by atoms with Crippen LogP contribution in [0.25, 0.3) is 5.69 Å². The van der Waals surface area contributed by atoms with E-state index in [0.717, 1.165) is 10.7 Å². The molecule has 3 aromatic rings. The standard InChI is InChI=1S/C19H13Cl3F3N3O/c20-12-2-1-3-13(8-12)28-14(9-17(27-28)19(23,24)25)10-26-18(29)7-11-4-5-15(21)16(22)6-11/h1-6,8-9H,7,10H2,(H,26,29). The van der Waals surface area contributed by atoms with E-state index in [1.807, 2.05) is 0 Å². The Morgan fingerprint density at radius 1 is 1.03 bits per heavy atom. The third kappa shape index (κ3) is 5.44. The fraction of sp³-hybridized carbons (Fsp3) is 0.158. The Bertz CT molecular complexity index is 1050. The molecule has 152 valence electrons. The van der Waals surface area contributed by atoms with Crippen molar-refractivity contribution in [3.05, 3.63) is 80.6 Å². The number of aromatic nitrogens is 2. The molecule has 0 spiro atoms. The summed E-state index contributed by atoms with van der Waals surface area (Å²) in [5.74, 6) is -0.393. The van der Waals surface area contributed by atoms with Crippen LogP contribution in [-0.2, 0) is 23.9 Å². The van der Waals surface area contributed by atoms with Gasteiger partial charge in [0.1, 0.15) is 0 Å². The van der Waals surface area contributed by atoms with Gasteiger partial charge in [-0.05, 0) is 42.0 Å². The monoisotopic (exact) mass is 461 g/mol. The molecule has 29 heavy (non-hydrogen) atoms. The van der Waals surface area contributed by atoms with Gasteiger partial charge in [0.15, 0.2) is 5.69 Å². The zero-order chi connectivity index (χ0) is 21.2. The van der Waals surface area contributed by atoms with E-state index in [9.17, 15) is 18.0 Å². The maximum Gasteiger partial charge on any atom is 0.435 e. The van der Waals surface area contributed by atoms with E-state index in [2.05, 4.69) is 10.4 Å². The number of carbonyl (C=O) groups excluding carboxylic acids is 1. The van der Waals surface area contributed by atoms with Crippen molar-refractivity contribution in [2.45, 2.75) is 19.1 Å². The number of halogens is 6. The molecule has 0 aliphatic carbocycles. The van der Waals surface area contributed by atoms with Crippen molar-refractivity contribution in [3.63, 3.8) is 0 Å². The predicted octanol–water partition coefficient (Wildman–Crippen LogP) is 5.71. The van der Waals surface area contributed by atoms with Crippen LogP contribution in [0.3, 0.4) is 0 Å². The minimum atomic E-state index is -4.62. The van der Waals surface area contributed by atoms with E-state index in [0.29, 0.717) is 26.3 Å². The lowest BCUT2D eigenvalue weighted by molar-refractivity contribution is -0.141. The Hall–Kier alpha value is -2.22. The molecular weight excluding hydrogens is 450 g/mol. The van der Waals surface area contributed by atoms with Gasteiger partial charge in [0.2, 0.25) is 5.91 Å². The number of carbonyl (C=O) groups is 1. The molecule has 0 unspecified atom stereocenters. The number of rotatable bonds is 5. The topological polar surface area (TPSA) is 46.9 Å². The molecule has 4 nitrogen and oxygen atoms in total. The predicted molar refractivity (Wildman–Crippen MR) is 106 cm³/mol. The summed E-state index contributed by atoms with van der Waals surface area (Å²) < 4.78 is 40.5. The van der Waals surface area contributed by atoms with Gasteiger partial charge in [-0.25, -0.2) is 4.68 Å². The van der Waals surface area contributed by atoms with Crippen LogP contribution in [0.2, 0.25) is 15.1 Å². The van der Waals surface area contributed by atoms with Gasteiger partial charge in [-0.1, -0.05) is 46.9 Å². The van der Waals surface area contributed by atoms with Crippen LogP contribution in [0.4, 0.5) is 13.2 Å². The zero-order valence-corrected chi connectivity index (χ0v) is 16.9. The van der Waals surface area contributed by atoms with Gasteiger partial charge >= 0.3 is 6.18 Å². The largest absolute Gasteiger partial charge is 0.435 e. The van der Waals surface area contributed by atoms with E-state index < -0.39 is 17.8 Å². The Kier molecular flexibility index (Phi) is 6.41. The second kappa shape index (κ2) is 8.65. The minimum Gasteiger partial charge on any atom is -0.350 e. The summed E-state index contributed by atoms with van der Waals surface area (Å²) in [7, 11) is 0. The molecule has 0 radical (unpaired) electrons. The highest BCUT2D eigenvalue weighted by molar-refractivity contribution is 6.42. The Balaban J connectivity index is 1.79. The molecule has 0 fully saturated rings. The molecule has 0 saturated heterocycles. The number of hydrogen-bond donors (Lipinski definition) is 1. The molecule has 1 amide bonds. The second-order valence-corrected chi connectivity index (χ2v) is 7.36. The van der Waals surface area contributed by atoms with Crippen molar-refractivity contribution in [2.24, 2.45) is 0 Å². The lowest BCUT2D eigenvalue weighted by Crippen LogP contribution is -2.25. The lowest BCUT2D eigenvalue weighted by atomic mass is 10.1. The van der Waals surface area contributed by atoms with E-state index >= 15 is 0 Å². The fourth-order valence-corrected chi connectivity index (χ4v) is 3.11. The molecule has 1 aromatic heterocycles. The van der Waals surface area contributed by atoms with Crippen LogP contribution in [0.5, 0.6) is 0 Å². The van der Waals surface area contributed by atoms with Gasteiger partial charge in [0.05, 0.1) is 34.4 Å². The highest BCUT2D eigenvalue weighted by Gasteiger charge is 2.35. The highest BCUT2D eigenvalue weighted by Crippen LogP contribution is 2.30. The van der Waals surface area contributed by atoms with E-state index in [1.165, 1.54) is 6.07 Å². The van der Waals surface area contributed by atoms with Crippen LogP contribution < -0.4 is 5.32 Å². The quantitative estimate of drug-likeness (QED) is 0.528. The molecule has 3 rings (SSSR count). The van der Waals surface area contributed by atoms with Gasteiger partial charge in [0, 0.05) is 5.02 Å². The molecular formula is C19H13Cl3F3N3O. The molecule has 0 aliphatic heterocycles. The average molecular weight is 463 g/mol.